The molecule has 2 N–H and O–H groups in total. The largest absolute Gasteiger partial charge is 0.491 e. The van der Waals surface area contributed by atoms with Gasteiger partial charge in [0.25, 0.3) is 5.69 Å². The summed E-state index contributed by atoms with van der Waals surface area (Å²) in [7, 11) is 0. The van der Waals surface area contributed by atoms with Crippen molar-refractivity contribution in [2.24, 2.45) is 0 Å². The van der Waals surface area contributed by atoms with Gasteiger partial charge in [0, 0.05) is 12.1 Å². The van der Waals surface area contributed by atoms with Gasteiger partial charge in [0.15, 0.2) is 0 Å². The van der Waals surface area contributed by atoms with Gasteiger partial charge in [-0.2, -0.15) is 0 Å². The molecule has 0 aliphatic carbocycles. The topological polar surface area (TPSA) is 86.3 Å². The first-order chi connectivity index (χ1) is 9.65. The number of morpholine rings is 1. The highest BCUT2D eigenvalue weighted by Crippen LogP contribution is 2.17. The number of hydrogen-bond acceptors (Lipinski definition) is 5. The van der Waals surface area contributed by atoms with Crippen LogP contribution in [0.25, 0.3) is 0 Å². The van der Waals surface area contributed by atoms with E-state index >= 15 is 0 Å². The SMILES string of the molecule is O=[N+]([O-])c1ccc(OC[C@@H](O)C[NH+]2CCOCC2)cc1. The van der Waals surface area contributed by atoms with Crippen LogP contribution in [0.1, 0.15) is 0 Å². The molecule has 20 heavy (non-hydrogen) atoms. The molecule has 0 aromatic heterocycles. The number of ether oxygens (including phenoxy) is 2. The molecule has 1 aliphatic rings. The van der Waals surface area contributed by atoms with Crippen molar-refractivity contribution in [2.45, 2.75) is 6.10 Å². The highest BCUT2D eigenvalue weighted by Gasteiger charge is 2.18. The molecule has 0 amide bonds. The van der Waals surface area contributed by atoms with Crippen LogP contribution in [0, 0.1) is 10.1 Å². The normalized spacial score (nSPS) is 17.6. The zero-order valence-corrected chi connectivity index (χ0v) is 11.2. The third kappa shape index (κ3) is 4.44. The minimum absolute atomic E-state index is 0.0238. The van der Waals surface area contributed by atoms with Crippen LogP contribution >= 0.6 is 0 Å². The molecular formula is C13H19N2O5+. The maximum Gasteiger partial charge on any atom is 0.269 e. The van der Waals surface area contributed by atoms with Gasteiger partial charge in [0.1, 0.15) is 38.1 Å². The molecule has 1 aliphatic heterocycles. The number of nitrogens with zero attached hydrogens (tertiary/aromatic N) is 1. The quantitative estimate of drug-likeness (QED) is 0.530. The molecular weight excluding hydrogens is 264 g/mol. The monoisotopic (exact) mass is 283 g/mol. The summed E-state index contributed by atoms with van der Waals surface area (Å²) in [4.78, 5) is 11.4. The fourth-order valence-electron chi connectivity index (χ4n) is 2.11. The Kier molecular flexibility index (Phi) is 5.28. The maximum atomic E-state index is 10.5. The van der Waals surface area contributed by atoms with E-state index in [1.165, 1.54) is 29.2 Å². The van der Waals surface area contributed by atoms with E-state index in [0.29, 0.717) is 12.3 Å². The van der Waals surface area contributed by atoms with Gasteiger partial charge in [0.2, 0.25) is 0 Å². The lowest BCUT2D eigenvalue weighted by molar-refractivity contribution is -0.911. The Labute approximate surface area is 116 Å². The number of aliphatic hydroxyl groups is 1. The molecule has 1 heterocycles. The van der Waals surface area contributed by atoms with Crippen LogP contribution in [-0.2, 0) is 4.74 Å². The summed E-state index contributed by atoms with van der Waals surface area (Å²) in [5, 5.41) is 20.4. The van der Waals surface area contributed by atoms with Gasteiger partial charge < -0.3 is 19.5 Å². The molecule has 0 radical (unpaired) electrons. The first-order valence-corrected chi connectivity index (χ1v) is 6.62. The Morgan fingerprint density at radius 1 is 1.35 bits per heavy atom. The lowest BCUT2D eigenvalue weighted by Crippen LogP contribution is -3.15. The molecule has 1 aromatic rings. The summed E-state index contributed by atoms with van der Waals surface area (Å²) in [5.74, 6) is 0.520. The number of rotatable bonds is 6. The van der Waals surface area contributed by atoms with Crippen molar-refractivity contribution in [3.63, 3.8) is 0 Å². The third-order valence-corrected chi connectivity index (χ3v) is 3.21. The van der Waals surface area contributed by atoms with Crippen LogP contribution in [0.5, 0.6) is 5.75 Å². The summed E-state index contributed by atoms with van der Waals surface area (Å²) < 4.78 is 10.7. The summed E-state index contributed by atoms with van der Waals surface area (Å²) in [6, 6.07) is 5.84. The molecule has 0 spiro atoms. The van der Waals surface area contributed by atoms with Crippen molar-refractivity contribution >= 4 is 5.69 Å². The predicted octanol–water partition coefficient (Wildman–Crippen LogP) is -0.750. The number of nitrogens with one attached hydrogen (secondary N) is 1. The van der Waals surface area contributed by atoms with Gasteiger partial charge >= 0.3 is 0 Å². The van der Waals surface area contributed by atoms with E-state index in [-0.39, 0.29) is 12.3 Å². The van der Waals surface area contributed by atoms with E-state index in [9.17, 15) is 15.2 Å². The Bertz CT molecular complexity index is 431. The second-order valence-corrected chi connectivity index (χ2v) is 4.78. The Hall–Kier alpha value is -1.70. The zero-order valence-electron chi connectivity index (χ0n) is 11.2. The average Bonchev–Trinajstić information content (AvgIpc) is 2.46. The fraction of sp³-hybridized carbons (Fsp3) is 0.538. The molecule has 2 rings (SSSR count). The maximum absolute atomic E-state index is 10.5. The first-order valence-electron chi connectivity index (χ1n) is 6.62. The summed E-state index contributed by atoms with van der Waals surface area (Å²) in [6.07, 6.45) is -0.557. The summed E-state index contributed by atoms with van der Waals surface area (Å²) in [5.41, 5.74) is 0.0238. The second kappa shape index (κ2) is 7.18. The molecule has 7 heteroatoms. The van der Waals surface area contributed by atoms with Crippen molar-refractivity contribution < 1.29 is 24.4 Å². The predicted molar refractivity (Wildman–Crippen MR) is 71.0 cm³/mol. The van der Waals surface area contributed by atoms with Gasteiger partial charge in [-0.1, -0.05) is 0 Å². The Balaban J connectivity index is 1.74. The molecule has 1 aromatic carbocycles. The number of nitro groups is 1. The average molecular weight is 283 g/mol. The fourth-order valence-corrected chi connectivity index (χ4v) is 2.11. The van der Waals surface area contributed by atoms with Crippen molar-refractivity contribution in [1.29, 1.82) is 0 Å². The lowest BCUT2D eigenvalue weighted by Gasteiger charge is -2.25. The van der Waals surface area contributed by atoms with E-state index in [4.69, 9.17) is 9.47 Å². The smallest absolute Gasteiger partial charge is 0.269 e. The van der Waals surface area contributed by atoms with Crippen molar-refractivity contribution in [1.82, 2.24) is 0 Å². The third-order valence-electron chi connectivity index (χ3n) is 3.21. The highest BCUT2D eigenvalue weighted by atomic mass is 16.6. The lowest BCUT2D eigenvalue weighted by atomic mass is 10.3. The molecule has 0 saturated carbocycles. The van der Waals surface area contributed by atoms with E-state index in [1.54, 1.807) is 0 Å². The van der Waals surface area contributed by atoms with Crippen LogP contribution in [0.15, 0.2) is 24.3 Å². The van der Waals surface area contributed by atoms with Crippen molar-refractivity contribution in [2.75, 3.05) is 39.5 Å². The number of benzene rings is 1. The number of nitro benzene ring substituents is 1. The van der Waals surface area contributed by atoms with Gasteiger partial charge in [-0.15, -0.1) is 0 Å². The molecule has 1 fully saturated rings. The highest BCUT2D eigenvalue weighted by molar-refractivity contribution is 5.35. The number of non-ortho nitro benzene ring substituents is 1. The number of aliphatic hydroxyl groups excluding tert-OH is 1. The first kappa shape index (κ1) is 14.7. The van der Waals surface area contributed by atoms with Gasteiger partial charge in [-0.3, -0.25) is 10.1 Å². The molecule has 0 unspecified atom stereocenters. The van der Waals surface area contributed by atoms with Crippen LogP contribution in [-0.4, -0.2) is 55.6 Å². The Morgan fingerprint density at radius 3 is 2.60 bits per heavy atom. The second-order valence-electron chi connectivity index (χ2n) is 4.78. The van der Waals surface area contributed by atoms with Crippen LogP contribution in [0.3, 0.4) is 0 Å². The van der Waals surface area contributed by atoms with E-state index in [1.807, 2.05) is 0 Å². The van der Waals surface area contributed by atoms with Crippen molar-refractivity contribution in [3.05, 3.63) is 34.4 Å². The molecule has 1 saturated heterocycles. The van der Waals surface area contributed by atoms with Gasteiger partial charge in [0.05, 0.1) is 18.1 Å². The Morgan fingerprint density at radius 2 is 2.00 bits per heavy atom. The van der Waals surface area contributed by atoms with Crippen LogP contribution in [0.2, 0.25) is 0 Å². The van der Waals surface area contributed by atoms with E-state index in [2.05, 4.69) is 0 Å². The molecule has 110 valence electrons. The molecule has 1 atom stereocenters. The number of quaternary nitrogens is 1. The molecule has 0 bridgehead atoms. The minimum Gasteiger partial charge on any atom is -0.491 e. The zero-order chi connectivity index (χ0) is 14.4. The van der Waals surface area contributed by atoms with Crippen LogP contribution in [0.4, 0.5) is 5.69 Å². The van der Waals surface area contributed by atoms with Crippen molar-refractivity contribution in [3.8, 4) is 5.75 Å². The standard InChI is InChI=1S/C13H18N2O5/c16-12(9-14-5-7-19-8-6-14)10-20-13-3-1-11(2-4-13)15(17)18/h1-4,12,16H,5-10H2/p+1/t12-/m0/s1. The van der Waals surface area contributed by atoms with E-state index in [0.717, 1.165) is 26.3 Å². The number of hydrogen-bond donors (Lipinski definition) is 2. The van der Waals surface area contributed by atoms with Crippen LogP contribution < -0.4 is 9.64 Å². The van der Waals surface area contributed by atoms with Gasteiger partial charge in [-0.05, 0) is 12.1 Å². The summed E-state index contributed by atoms with van der Waals surface area (Å²) >= 11 is 0. The summed E-state index contributed by atoms with van der Waals surface area (Å²) in [6.45, 7) is 4.05. The molecule has 7 nitrogen and oxygen atoms in total. The van der Waals surface area contributed by atoms with E-state index < -0.39 is 11.0 Å². The minimum atomic E-state index is -0.557. The van der Waals surface area contributed by atoms with Gasteiger partial charge in [-0.25, -0.2) is 0 Å².